The summed E-state index contributed by atoms with van der Waals surface area (Å²) >= 11 is 1.21. The van der Waals surface area contributed by atoms with Gasteiger partial charge in [-0.3, -0.25) is 19.1 Å². The molecular weight excluding hydrogens is 406 g/mol. The molecule has 10 nitrogen and oxygen atoms in total. The van der Waals surface area contributed by atoms with Crippen LogP contribution in [0.15, 0.2) is 33.7 Å². The number of carbonyl (C=O) groups is 1. The molecule has 0 aliphatic rings. The molecule has 2 heterocycles. The van der Waals surface area contributed by atoms with E-state index < -0.39 is 11.2 Å². The molecule has 1 amide bonds. The first-order chi connectivity index (χ1) is 14.1. The first kappa shape index (κ1) is 23.5. The summed E-state index contributed by atoms with van der Waals surface area (Å²) in [5.41, 5.74) is 4.95. The van der Waals surface area contributed by atoms with Gasteiger partial charge in [0.15, 0.2) is 10.8 Å². The van der Waals surface area contributed by atoms with Crippen LogP contribution in [-0.2, 0) is 17.9 Å². The molecule has 0 unspecified atom stereocenters. The van der Waals surface area contributed by atoms with E-state index in [2.05, 4.69) is 21.8 Å². The van der Waals surface area contributed by atoms with Gasteiger partial charge in [-0.1, -0.05) is 45.5 Å². The van der Waals surface area contributed by atoms with E-state index >= 15 is 0 Å². The second-order valence-electron chi connectivity index (χ2n) is 7.74. The van der Waals surface area contributed by atoms with Gasteiger partial charge >= 0.3 is 5.69 Å². The Hall–Kier alpha value is -2.82. The molecule has 164 valence electrons. The minimum atomic E-state index is -0.675. The molecule has 0 spiro atoms. The fraction of sp³-hybridized carbons (Fsp3) is 0.526. The predicted octanol–water partition coefficient (Wildman–Crippen LogP) is 1.33. The van der Waals surface area contributed by atoms with Gasteiger partial charge in [0.1, 0.15) is 12.1 Å². The van der Waals surface area contributed by atoms with Crippen molar-refractivity contribution in [1.29, 1.82) is 0 Å². The minimum absolute atomic E-state index is 0.00195. The van der Waals surface area contributed by atoms with Crippen molar-refractivity contribution in [3.05, 3.63) is 39.8 Å². The number of aromatic nitrogens is 5. The normalized spacial score (nSPS) is 11.3. The fourth-order valence-corrected chi connectivity index (χ4v) is 3.69. The number of aromatic amines is 1. The van der Waals surface area contributed by atoms with Crippen LogP contribution in [0, 0.1) is 11.8 Å². The second kappa shape index (κ2) is 10.3. The van der Waals surface area contributed by atoms with E-state index in [1.165, 1.54) is 21.2 Å². The number of amides is 1. The predicted molar refractivity (Wildman–Crippen MR) is 119 cm³/mol. The summed E-state index contributed by atoms with van der Waals surface area (Å²) in [4.78, 5) is 41.6. The molecule has 0 bridgehead atoms. The summed E-state index contributed by atoms with van der Waals surface area (Å²) in [6.45, 7) is 12.6. The van der Waals surface area contributed by atoms with E-state index in [1.807, 2.05) is 27.7 Å². The lowest BCUT2D eigenvalue weighted by Crippen LogP contribution is -2.43. The van der Waals surface area contributed by atoms with Crippen LogP contribution in [0.5, 0.6) is 0 Å². The number of allylic oxidation sites excluding steroid dienone is 1. The zero-order chi connectivity index (χ0) is 22.4. The number of hydrogen-bond donors (Lipinski definition) is 2. The maximum atomic E-state index is 13.1. The smallest absolute Gasteiger partial charge is 0.330 e. The standard InChI is InChI=1S/C19H29N7O3S/c1-6-7-24-11-21-23-19(24)30-10-14(27)25(8-12(2)3)15-16(20)26(9-13(4)5)18(29)22-17(15)28/h6,11-13H,1,7-10,20H2,2-5H3,(H,22,28,29). The summed E-state index contributed by atoms with van der Waals surface area (Å²) in [6, 6.07) is 0. The van der Waals surface area contributed by atoms with Crippen molar-refractivity contribution in [1.82, 2.24) is 24.3 Å². The Morgan fingerprint density at radius 1 is 1.33 bits per heavy atom. The highest BCUT2D eigenvalue weighted by Crippen LogP contribution is 2.22. The molecule has 30 heavy (non-hydrogen) atoms. The zero-order valence-electron chi connectivity index (χ0n) is 17.8. The molecule has 0 atom stereocenters. The van der Waals surface area contributed by atoms with Crippen LogP contribution in [0.25, 0.3) is 0 Å². The van der Waals surface area contributed by atoms with Gasteiger partial charge in [-0.25, -0.2) is 4.79 Å². The van der Waals surface area contributed by atoms with Crippen LogP contribution in [0.1, 0.15) is 27.7 Å². The first-order valence-corrected chi connectivity index (χ1v) is 10.7. The fourth-order valence-electron chi connectivity index (χ4n) is 2.89. The highest BCUT2D eigenvalue weighted by molar-refractivity contribution is 7.99. The minimum Gasteiger partial charge on any atom is -0.383 e. The number of H-pyrrole nitrogens is 1. The lowest BCUT2D eigenvalue weighted by molar-refractivity contribution is -0.116. The molecule has 0 saturated carbocycles. The molecule has 2 rings (SSSR count). The number of nitrogens with zero attached hydrogens (tertiary/aromatic N) is 5. The quantitative estimate of drug-likeness (QED) is 0.425. The van der Waals surface area contributed by atoms with Crippen molar-refractivity contribution in [2.75, 3.05) is 22.9 Å². The number of hydrogen-bond acceptors (Lipinski definition) is 7. The van der Waals surface area contributed by atoms with Gasteiger partial charge < -0.3 is 15.2 Å². The molecule has 0 fully saturated rings. The Labute approximate surface area is 179 Å². The Kier molecular flexibility index (Phi) is 8.04. The number of carbonyl (C=O) groups excluding carboxylic acids is 1. The Bertz CT molecular complexity index is 1010. The molecule has 0 saturated heterocycles. The highest BCUT2D eigenvalue weighted by atomic mass is 32.2. The van der Waals surface area contributed by atoms with Crippen molar-refractivity contribution in [3.63, 3.8) is 0 Å². The third-order valence-electron chi connectivity index (χ3n) is 4.11. The number of nitrogens with two attached hydrogens (primary N) is 1. The third-order valence-corrected chi connectivity index (χ3v) is 5.08. The van der Waals surface area contributed by atoms with Crippen molar-refractivity contribution in [3.8, 4) is 0 Å². The summed E-state index contributed by atoms with van der Waals surface area (Å²) in [6.07, 6.45) is 3.27. The van der Waals surface area contributed by atoms with Crippen molar-refractivity contribution >= 4 is 29.2 Å². The summed E-state index contributed by atoms with van der Waals surface area (Å²) < 4.78 is 3.07. The molecular formula is C19H29N7O3S. The summed E-state index contributed by atoms with van der Waals surface area (Å²) in [5, 5.41) is 8.44. The molecule has 3 N–H and O–H groups in total. The Morgan fingerprint density at radius 2 is 2.03 bits per heavy atom. The van der Waals surface area contributed by atoms with E-state index in [4.69, 9.17) is 5.73 Å². The molecule has 0 radical (unpaired) electrons. The van der Waals surface area contributed by atoms with Gasteiger partial charge in [0.05, 0.1) is 5.75 Å². The largest absolute Gasteiger partial charge is 0.383 e. The average molecular weight is 436 g/mol. The first-order valence-electron chi connectivity index (χ1n) is 9.70. The molecule has 2 aromatic heterocycles. The summed E-state index contributed by atoms with van der Waals surface area (Å²) in [7, 11) is 0. The van der Waals surface area contributed by atoms with Gasteiger partial charge in [0.25, 0.3) is 5.56 Å². The van der Waals surface area contributed by atoms with Gasteiger partial charge in [0, 0.05) is 19.6 Å². The van der Waals surface area contributed by atoms with Crippen LogP contribution in [0.3, 0.4) is 0 Å². The van der Waals surface area contributed by atoms with Gasteiger partial charge in [-0.05, 0) is 11.8 Å². The number of nitrogens with one attached hydrogen (secondary N) is 1. The maximum Gasteiger partial charge on any atom is 0.330 e. The van der Waals surface area contributed by atoms with Crippen LogP contribution in [-0.4, -0.2) is 42.5 Å². The van der Waals surface area contributed by atoms with Crippen LogP contribution in [0.4, 0.5) is 11.5 Å². The molecule has 0 aliphatic heterocycles. The molecule has 11 heteroatoms. The SMILES string of the molecule is C=CCn1cnnc1SCC(=O)N(CC(C)C)c1c(N)n(CC(C)C)c(=O)[nH]c1=O. The number of thioether (sulfide) groups is 1. The van der Waals surface area contributed by atoms with E-state index in [0.29, 0.717) is 18.2 Å². The van der Waals surface area contributed by atoms with E-state index in [1.54, 1.807) is 17.0 Å². The molecule has 2 aromatic rings. The van der Waals surface area contributed by atoms with Gasteiger partial charge in [-0.15, -0.1) is 16.8 Å². The zero-order valence-corrected chi connectivity index (χ0v) is 18.6. The second-order valence-corrected chi connectivity index (χ2v) is 8.68. The third kappa shape index (κ3) is 5.62. The summed E-state index contributed by atoms with van der Waals surface area (Å²) in [5.74, 6) is -0.0809. The molecule has 0 aromatic carbocycles. The number of nitrogen functional groups attached to an aromatic ring is 1. The van der Waals surface area contributed by atoms with Crippen molar-refractivity contribution < 1.29 is 4.79 Å². The number of anilines is 2. The van der Waals surface area contributed by atoms with E-state index in [9.17, 15) is 14.4 Å². The van der Waals surface area contributed by atoms with E-state index in [-0.39, 0.29) is 41.5 Å². The monoisotopic (exact) mass is 435 g/mol. The maximum absolute atomic E-state index is 13.1. The van der Waals surface area contributed by atoms with Crippen molar-refractivity contribution in [2.24, 2.45) is 11.8 Å². The Morgan fingerprint density at radius 3 is 2.63 bits per heavy atom. The van der Waals surface area contributed by atoms with Gasteiger partial charge in [0.2, 0.25) is 5.91 Å². The van der Waals surface area contributed by atoms with Crippen LogP contribution in [0.2, 0.25) is 0 Å². The number of rotatable bonds is 10. The van der Waals surface area contributed by atoms with Crippen LogP contribution < -0.4 is 21.9 Å². The lowest BCUT2D eigenvalue weighted by atomic mass is 10.2. The van der Waals surface area contributed by atoms with Crippen molar-refractivity contribution in [2.45, 2.75) is 45.9 Å². The highest BCUT2D eigenvalue weighted by Gasteiger charge is 2.25. The average Bonchev–Trinajstić information content (AvgIpc) is 3.09. The van der Waals surface area contributed by atoms with Gasteiger partial charge in [-0.2, -0.15) is 0 Å². The van der Waals surface area contributed by atoms with Crippen LogP contribution >= 0.6 is 11.8 Å². The van der Waals surface area contributed by atoms with E-state index in [0.717, 1.165) is 0 Å². The molecule has 0 aliphatic carbocycles. The Balaban J connectivity index is 2.38. The topological polar surface area (TPSA) is 132 Å². The lowest BCUT2D eigenvalue weighted by Gasteiger charge is -2.26.